The molecule has 11 heteroatoms. The van der Waals surface area contributed by atoms with Crippen molar-refractivity contribution in [3.05, 3.63) is 29.3 Å². The number of benzene rings is 1. The monoisotopic (exact) mass is 458 g/mol. The highest BCUT2D eigenvalue weighted by Gasteiger charge is 2.23. The third-order valence-electron chi connectivity index (χ3n) is 4.37. The highest BCUT2D eigenvalue weighted by Crippen LogP contribution is 2.23. The van der Waals surface area contributed by atoms with Crippen LogP contribution in [-0.4, -0.2) is 86.6 Å². The SMILES string of the molecule is CC(C)(C)OC(=O)CN(Cc1cc(C(=O)O)ccc1OCCN1CCOCC1)S(=O)O. The topological polar surface area (TPSA) is 126 Å². The van der Waals surface area contributed by atoms with Gasteiger partial charge in [-0.3, -0.25) is 14.2 Å². The van der Waals surface area contributed by atoms with Gasteiger partial charge in [0.25, 0.3) is 0 Å². The van der Waals surface area contributed by atoms with E-state index in [9.17, 15) is 23.5 Å². The first-order valence-corrected chi connectivity index (χ1v) is 11.0. The van der Waals surface area contributed by atoms with E-state index < -0.39 is 35.4 Å². The third-order valence-corrected chi connectivity index (χ3v) is 5.07. The number of carbonyl (C=O) groups is 2. The fraction of sp³-hybridized carbons (Fsp3) is 0.600. The Hall–Kier alpha value is -2.05. The molecule has 31 heavy (non-hydrogen) atoms. The summed E-state index contributed by atoms with van der Waals surface area (Å²) < 4.78 is 38.8. The average molecular weight is 459 g/mol. The standard InChI is InChI=1S/C20H30N2O8S/c1-20(2,3)30-18(23)14-22(31(26)27)13-16-12-15(19(24)25)4-5-17(16)29-11-8-21-6-9-28-10-7-21/h4-5,12H,6-11,13-14H2,1-3H3,(H,24,25)(H,26,27). The molecule has 1 fully saturated rings. The molecule has 1 heterocycles. The van der Waals surface area contributed by atoms with Crippen molar-refractivity contribution in [2.75, 3.05) is 46.0 Å². The maximum Gasteiger partial charge on any atom is 0.335 e. The lowest BCUT2D eigenvalue weighted by Gasteiger charge is -2.26. The molecular weight excluding hydrogens is 428 g/mol. The van der Waals surface area contributed by atoms with Gasteiger partial charge < -0.3 is 19.3 Å². The van der Waals surface area contributed by atoms with Gasteiger partial charge in [-0.1, -0.05) is 0 Å². The second-order valence-electron chi connectivity index (χ2n) is 8.05. The molecule has 2 rings (SSSR count). The second-order valence-corrected chi connectivity index (χ2v) is 9.02. The van der Waals surface area contributed by atoms with Crippen LogP contribution in [0.15, 0.2) is 18.2 Å². The maximum atomic E-state index is 12.1. The van der Waals surface area contributed by atoms with Gasteiger partial charge in [0.2, 0.25) is 11.3 Å². The lowest BCUT2D eigenvalue weighted by atomic mass is 10.1. The van der Waals surface area contributed by atoms with Gasteiger partial charge in [0.1, 0.15) is 24.5 Å². The van der Waals surface area contributed by atoms with E-state index >= 15 is 0 Å². The Morgan fingerprint density at radius 3 is 2.52 bits per heavy atom. The molecule has 1 aliphatic heterocycles. The number of esters is 1. The van der Waals surface area contributed by atoms with Crippen LogP contribution in [0.25, 0.3) is 0 Å². The van der Waals surface area contributed by atoms with Crippen molar-refractivity contribution < 1.29 is 37.7 Å². The Labute approximate surface area is 184 Å². The molecule has 1 atom stereocenters. The molecule has 10 nitrogen and oxygen atoms in total. The summed E-state index contributed by atoms with van der Waals surface area (Å²) in [5.41, 5.74) is -0.347. The molecule has 0 radical (unpaired) electrons. The van der Waals surface area contributed by atoms with Crippen molar-refractivity contribution in [1.82, 2.24) is 9.21 Å². The van der Waals surface area contributed by atoms with Crippen LogP contribution in [0, 0.1) is 0 Å². The summed E-state index contributed by atoms with van der Waals surface area (Å²) in [6, 6.07) is 4.30. The van der Waals surface area contributed by atoms with Crippen molar-refractivity contribution in [2.24, 2.45) is 0 Å². The summed E-state index contributed by atoms with van der Waals surface area (Å²) in [5, 5.41) is 9.31. The van der Waals surface area contributed by atoms with Crippen LogP contribution in [0.2, 0.25) is 0 Å². The number of ether oxygens (including phenoxy) is 3. The minimum Gasteiger partial charge on any atom is -0.492 e. The number of morpholine rings is 1. The van der Waals surface area contributed by atoms with Crippen LogP contribution >= 0.6 is 0 Å². The first-order valence-electron chi connectivity index (χ1n) is 9.92. The zero-order chi connectivity index (χ0) is 23.0. The van der Waals surface area contributed by atoms with Gasteiger partial charge >= 0.3 is 11.9 Å². The first kappa shape index (κ1) is 25.2. The molecule has 1 aliphatic rings. The van der Waals surface area contributed by atoms with Crippen LogP contribution in [0.5, 0.6) is 5.75 Å². The number of hydrogen-bond acceptors (Lipinski definition) is 7. The molecule has 1 aromatic rings. The molecule has 0 aromatic heterocycles. The Morgan fingerprint density at radius 2 is 1.94 bits per heavy atom. The minimum absolute atomic E-state index is 0.0106. The normalized spacial score (nSPS) is 16.2. The summed E-state index contributed by atoms with van der Waals surface area (Å²) in [5.74, 6) is -1.41. The van der Waals surface area contributed by atoms with E-state index in [2.05, 4.69) is 4.90 Å². The smallest absolute Gasteiger partial charge is 0.335 e. The summed E-state index contributed by atoms with van der Waals surface area (Å²) in [4.78, 5) is 25.7. The third kappa shape index (κ3) is 8.91. The van der Waals surface area contributed by atoms with Crippen molar-refractivity contribution >= 4 is 23.2 Å². The number of carbonyl (C=O) groups excluding carboxylic acids is 1. The molecular formula is C20H30N2O8S. The summed E-state index contributed by atoms with van der Waals surface area (Å²) in [6.07, 6.45) is 0. The van der Waals surface area contributed by atoms with E-state index in [1.54, 1.807) is 20.8 Å². The maximum absolute atomic E-state index is 12.1. The van der Waals surface area contributed by atoms with Crippen molar-refractivity contribution in [1.29, 1.82) is 0 Å². The van der Waals surface area contributed by atoms with Crippen LogP contribution < -0.4 is 4.74 Å². The van der Waals surface area contributed by atoms with Gasteiger partial charge in [-0.05, 0) is 39.0 Å². The highest BCUT2D eigenvalue weighted by atomic mass is 32.2. The fourth-order valence-corrected chi connectivity index (χ4v) is 3.43. The Morgan fingerprint density at radius 1 is 1.26 bits per heavy atom. The summed E-state index contributed by atoms with van der Waals surface area (Å²) in [6.45, 7) is 8.45. The van der Waals surface area contributed by atoms with Gasteiger partial charge in [0.05, 0.1) is 18.8 Å². The van der Waals surface area contributed by atoms with Crippen molar-refractivity contribution in [2.45, 2.75) is 32.9 Å². The van der Waals surface area contributed by atoms with Crippen molar-refractivity contribution in [3.63, 3.8) is 0 Å². The molecule has 0 spiro atoms. The molecule has 0 bridgehead atoms. The van der Waals surface area contributed by atoms with E-state index in [0.717, 1.165) is 17.4 Å². The number of aromatic carboxylic acids is 1. The van der Waals surface area contributed by atoms with Crippen LogP contribution in [0.1, 0.15) is 36.7 Å². The molecule has 1 aromatic carbocycles. The number of hydrogen-bond donors (Lipinski definition) is 2. The van der Waals surface area contributed by atoms with Gasteiger partial charge in [-0.2, -0.15) is 4.31 Å². The zero-order valence-electron chi connectivity index (χ0n) is 18.0. The fourth-order valence-electron chi connectivity index (χ4n) is 2.96. The number of carboxylic acid groups (broad SMARTS) is 1. The highest BCUT2D eigenvalue weighted by molar-refractivity contribution is 7.76. The van der Waals surface area contributed by atoms with Crippen LogP contribution in [-0.2, 0) is 32.1 Å². The Kier molecular flexibility index (Phi) is 9.38. The average Bonchev–Trinajstić information content (AvgIpc) is 2.67. The van der Waals surface area contributed by atoms with Gasteiger partial charge in [0, 0.05) is 31.7 Å². The molecule has 2 N–H and O–H groups in total. The van der Waals surface area contributed by atoms with E-state index in [1.807, 2.05) is 0 Å². The Bertz CT molecular complexity index is 790. The predicted octanol–water partition coefficient (Wildman–Crippen LogP) is 1.38. The van der Waals surface area contributed by atoms with E-state index in [4.69, 9.17) is 14.2 Å². The number of carboxylic acids is 1. The zero-order valence-corrected chi connectivity index (χ0v) is 18.9. The lowest BCUT2D eigenvalue weighted by molar-refractivity contribution is -0.155. The minimum atomic E-state index is -2.48. The van der Waals surface area contributed by atoms with Crippen LogP contribution in [0.3, 0.4) is 0 Å². The molecule has 0 aliphatic carbocycles. The quantitative estimate of drug-likeness (QED) is 0.395. The second kappa shape index (κ2) is 11.5. The first-order chi connectivity index (χ1) is 14.5. The largest absolute Gasteiger partial charge is 0.492 e. The molecule has 1 unspecified atom stereocenters. The van der Waals surface area contributed by atoms with Crippen LogP contribution in [0.4, 0.5) is 0 Å². The van der Waals surface area contributed by atoms with Crippen molar-refractivity contribution in [3.8, 4) is 5.75 Å². The van der Waals surface area contributed by atoms with Gasteiger partial charge in [-0.15, -0.1) is 0 Å². The number of nitrogens with zero attached hydrogens (tertiary/aromatic N) is 2. The van der Waals surface area contributed by atoms with E-state index in [-0.39, 0.29) is 12.1 Å². The van der Waals surface area contributed by atoms with E-state index in [1.165, 1.54) is 18.2 Å². The summed E-state index contributed by atoms with van der Waals surface area (Å²) in [7, 11) is 0. The molecule has 0 amide bonds. The lowest BCUT2D eigenvalue weighted by Crippen LogP contribution is -2.38. The predicted molar refractivity (Wildman–Crippen MR) is 113 cm³/mol. The van der Waals surface area contributed by atoms with E-state index in [0.29, 0.717) is 37.7 Å². The van der Waals surface area contributed by atoms with Gasteiger partial charge in [-0.25, -0.2) is 9.00 Å². The summed E-state index contributed by atoms with van der Waals surface area (Å²) >= 11 is -2.48. The molecule has 174 valence electrons. The number of rotatable bonds is 10. The van der Waals surface area contributed by atoms with Gasteiger partial charge in [0.15, 0.2) is 0 Å². The Balaban J connectivity index is 2.12. The molecule has 1 saturated heterocycles. The molecule has 0 saturated carbocycles.